The van der Waals surface area contributed by atoms with Crippen molar-refractivity contribution in [2.24, 2.45) is 0 Å². The third-order valence-electron chi connectivity index (χ3n) is 5.91. The van der Waals surface area contributed by atoms with Gasteiger partial charge in [0.1, 0.15) is 0 Å². The van der Waals surface area contributed by atoms with Crippen LogP contribution < -0.4 is 16.4 Å². The summed E-state index contributed by atoms with van der Waals surface area (Å²) in [6.07, 6.45) is 4.16. The average molecular weight is 432 g/mol. The maximum atomic E-state index is 12.8. The van der Waals surface area contributed by atoms with Crippen molar-refractivity contribution in [3.05, 3.63) is 28.7 Å². The first-order chi connectivity index (χ1) is 14.3. The molecule has 0 bridgehead atoms. The molecular weight excluding hydrogens is 402 g/mol. The summed E-state index contributed by atoms with van der Waals surface area (Å²) < 4.78 is 6.94. The Kier molecular flexibility index (Phi) is 5.73. The number of amides is 2. The Morgan fingerprint density at radius 1 is 1.23 bits per heavy atom. The fraction of sp³-hybridized carbons (Fsp3) is 0.571. The van der Waals surface area contributed by atoms with E-state index in [-0.39, 0.29) is 23.9 Å². The van der Waals surface area contributed by atoms with E-state index in [0.717, 1.165) is 36.6 Å². The van der Waals surface area contributed by atoms with Crippen LogP contribution in [0.1, 0.15) is 45.6 Å². The molecule has 2 fully saturated rings. The lowest BCUT2D eigenvalue weighted by molar-refractivity contribution is 0.170. The molecule has 1 saturated heterocycles. The summed E-state index contributed by atoms with van der Waals surface area (Å²) in [5.41, 5.74) is 1.81. The third-order valence-corrected chi connectivity index (χ3v) is 6.28. The van der Waals surface area contributed by atoms with Crippen LogP contribution in [0.2, 0.25) is 0 Å². The van der Waals surface area contributed by atoms with Crippen LogP contribution in [0.5, 0.6) is 0 Å². The second-order valence-corrected chi connectivity index (χ2v) is 8.88. The number of aromatic nitrogens is 1. The predicted molar refractivity (Wildman–Crippen MR) is 121 cm³/mol. The van der Waals surface area contributed by atoms with Crippen LogP contribution in [0.4, 0.5) is 10.5 Å². The molecule has 8 nitrogen and oxygen atoms in total. The number of piperidine rings is 1. The Morgan fingerprint density at radius 3 is 2.57 bits per heavy atom. The van der Waals surface area contributed by atoms with Crippen LogP contribution >= 0.6 is 12.2 Å². The van der Waals surface area contributed by atoms with Gasteiger partial charge in [-0.1, -0.05) is 0 Å². The Labute approximate surface area is 181 Å². The van der Waals surface area contributed by atoms with Gasteiger partial charge >= 0.3 is 11.8 Å². The molecule has 1 aliphatic heterocycles. The summed E-state index contributed by atoms with van der Waals surface area (Å²) in [6, 6.07) is 5.86. The van der Waals surface area contributed by atoms with E-state index in [1.165, 1.54) is 12.8 Å². The van der Waals surface area contributed by atoms with Gasteiger partial charge in [0.25, 0.3) is 0 Å². The summed E-state index contributed by atoms with van der Waals surface area (Å²) in [4.78, 5) is 28.8. The molecule has 4 rings (SSSR count). The van der Waals surface area contributed by atoms with Gasteiger partial charge in [-0.05, 0) is 63.9 Å². The lowest BCUT2D eigenvalue weighted by Gasteiger charge is -2.37. The number of hydrogen-bond donors (Lipinski definition) is 2. The number of nitrogens with zero attached hydrogens (tertiary/aromatic N) is 3. The van der Waals surface area contributed by atoms with Crippen molar-refractivity contribution in [2.45, 2.75) is 57.7 Å². The SMILES string of the molecule is CC(C)n1c(=O)oc2cc(NC(=O)N(C)C3CCN(C(=S)NC4CC4)CC3)ccc21. The van der Waals surface area contributed by atoms with Gasteiger partial charge in [-0.2, -0.15) is 0 Å². The molecule has 9 heteroatoms. The van der Waals surface area contributed by atoms with Crippen molar-refractivity contribution in [1.82, 2.24) is 19.7 Å². The number of carbonyl (C=O) groups is 1. The van der Waals surface area contributed by atoms with E-state index >= 15 is 0 Å². The molecule has 2 aromatic rings. The average Bonchev–Trinajstić information content (AvgIpc) is 3.46. The fourth-order valence-electron chi connectivity index (χ4n) is 3.93. The van der Waals surface area contributed by atoms with Crippen LogP contribution in [0, 0.1) is 0 Å². The van der Waals surface area contributed by atoms with Gasteiger partial charge in [0.05, 0.1) is 5.52 Å². The molecule has 1 aliphatic carbocycles. The zero-order valence-corrected chi connectivity index (χ0v) is 18.5. The summed E-state index contributed by atoms with van der Waals surface area (Å²) in [5, 5.41) is 7.14. The van der Waals surface area contributed by atoms with Crippen LogP contribution in [0.25, 0.3) is 11.1 Å². The molecule has 2 heterocycles. The lowest BCUT2D eigenvalue weighted by Crippen LogP contribution is -2.50. The third kappa shape index (κ3) is 4.30. The highest BCUT2D eigenvalue weighted by atomic mass is 32.1. The first kappa shape index (κ1) is 20.7. The quantitative estimate of drug-likeness (QED) is 0.724. The molecule has 162 valence electrons. The minimum atomic E-state index is -0.388. The van der Waals surface area contributed by atoms with Crippen molar-refractivity contribution in [1.29, 1.82) is 0 Å². The molecule has 0 unspecified atom stereocenters. The number of fused-ring (bicyclic) bond motifs is 1. The molecule has 2 aliphatic rings. The lowest BCUT2D eigenvalue weighted by atomic mass is 10.0. The van der Waals surface area contributed by atoms with Crippen LogP contribution in [0.3, 0.4) is 0 Å². The number of likely N-dealkylation sites (tertiary alicyclic amines) is 1. The van der Waals surface area contributed by atoms with Gasteiger partial charge in [0.15, 0.2) is 10.7 Å². The first-order valence-electron chi connectivity index (χ1n) is 10.6. The van der Waals surface area contributed by atoms with E-state index in [0.29, 0.717) is 17.3 Å². The van der Waals surface area contributed by atoms with E-state index in [1.54, 1.807) is 21.6 Å². The highest BCUT2D eigenvalue weighted by molar-refractivity contribution is 7.80. The monoisotopic (exact) mass is 431 g/mol. The normalized spacial score (nSPS) is 17.4. The summed E-state index contributed by atoms with van der Waals surface area (Å²) >= 11 is 5.49. The fourth-order valence-corrected chi connectivity index (χ4v) is 4.28. The van der Waals surface area contributed by atoms with Crippen molar-refractivity contribution in [3.8, 4) is 0 Å². The first-order valence-corrected chi connectivity index (χ1v) is 11.0. The van der Waals surface area contributed by atoms with Crippen molar-refractivity contribution in [3.63, 3.8) is 0 Å². The molecule has 1 aromatic heterocycles. The number of urea groups is 1. The number of hydrogen-bond acceptors (Lipinski definition) is 4. The number of rotatable bonds is 4. The van der Waals surface area contributed by atoms with Gasteiger partial charge in [-0.25, -0.2) is 9.59 Å². The Morgan fingerprint density at radius 2 is 1.93 bits per heavy atom. The Balaban J connectivity index is 1.35. The van der Waals surface area contributed by atoms with Crippen molar-refractivity contribution >= 4 is 40.1 Å². The topological polar surface area (TPSA) is 82.8 Å². The molecule has 0 atom stereocenters. The second-order valence-electron chi connectivity index (χ2n) is 8.50. The number of thiocarbonyl (C=S) groups is 1. The van der Waals surface area contributed by atoms with Gasteiger partial charge in [0.2, 0.25) is 0 Å². The number of nitrogens with one attached hydrogen (secondary N) is 2. The second kappa shape index (κ2) is 8.29. The van der Waals surface area contributed by atoms with Gasteiger partial charge in [-0.3, -0.25) is 4.57 Å². The number of oxazole rings is 1. The molecular formula is C21H29N5O3S. The molecule has 2 amide bonds. The van der Waals surface area contributed by atoms with Crippen molar-refractivity contribution < 1.29 is 9.21 Å². The smallest absolute Gasteiger partial charge is 0.408 e. The minimum absolute atomic E-state index is 0.00329. The van der Waals surface area contributed by atoms with Gasteiger partial charge in [0, 0.05) is 50.0 Å². The van der Waals surface area contributed by atoms with E-state index in [1.807, 2.05) is 27.0 Å². The Bertz CT molecular complexity index is 1000. The number of benzene rings is 1. The van der Waals surface area contributed by atoms with Gasteiger partial charge < -0.3 is 24.9 Å². The molecule has 1 saturated carbocycles. The van der Waals surface area contributed by atoms with Crippen molar-refractivity contribution in [2.75, 3.05) is 25.5 Å². The van der Waals surface area contributed by atoms with E-state index in [4.69, 9.17) is 16.6 Å². The van der Waals surface area contributed by atoms with Crippen LogP contribution in [-0.4, -0.2) is 57.7 Å². The highest BCUT2D eigenvalue weighted by Crippen LogP contribution is 2.23. The summed E-state index contributed by atoms with van der Waals surface area (Å²) in [7, 11) is 1.82. The van der Waals surface area contributed by atoms with Gasteiger partial charge in [-0.15, -0.1) is 0 Å². The zero-order chi connectivity index (χ0) is 21.4. The Hall–Kier alpha value is -2.55. The standard InChI is InChI=1S/C21H29N5O3S/c1-13(2)26-17-7-6-15(12-18(17)29-21(26)28)22-19(27)24(3)16-8-10-25(11-9-16)20(30)23-14-4-5-14/h6-7,12-14,16H,4-5,8-11H2,1-3H3,(H,22,27)(H,23,30). The maximum Gasteiger partial charge on any atom is 0.420 e. The molecule has 0 radical (unpaired) electrons. The van der Waals surface area contributed by atoms with E-state index in [2.05, 4.69) is 15.5 Å². The molecule has 0 spiro atoms. The molecule has 30 heavy (non-hydrogen) atoms. The summed E-state index contributed by atoms with van der Waals surface area (Å²) in [5.74, 6) is -0.388. The maximum absolute atomic E-state index is 12.8. The number of carbonyl (C=O) groups excluding carboxylic acids is 1. The number of anilines is 1. The van der Waals surface area contributed by atoms with Crippen LogP contribution in [-0.2, 0) is 0 Å². The largest absolute Gasteiger partial charge is 0.420 e. The highest BCUT2D eigenvalue weighted by Gasteiger charge is 2.29. The zero-order valence-electron chi connectivity index (χ0n) is 17.7. The van der Waals surface area contributed by atoms with Crippen LogP contribution in [0.15, 0.2) is 27.4 Å². The summed E-state index contributed by atoms with van der Waals surface area (Å²) in [6.45, 7) is 5.56. The minimum Gasteiger partial charge on any atom is -0.408 e. The molecule has 1 aromatic carbocycles. The molecule has 2 N–H and O–H groups in total. The van der Waals surface area contributed by atoms with E-state index in [9.17, 15) is 9.59 Å². The van der Waals surface area contributed by atoms with E-state index < -0.39 is 0 Å². The predicted octanol–water partition coefficient (Wildman–Crippen LogP) is 3.14.